The van der Waals surface area contributed by atoms with Crippen molar-refractivity contribution in [2.75, 3.05) is 32.8 Å². The largest absolute Gasteiger partial charge is 0.385 e. The molecule has 166 valence electrons. The van der Waals surface area contributed by atoms with Crippen molar-refractivity contribution in [3.05, 3.63) is 11.6 Å². The fourth-order valence-electron chi connectivity index (χ4n) is 8.00. The zero-order valence-electron chi connectivity index (χ0n) is 18.6. The van der Waals surface area contributed by atoms with E-state index < -0.39 is 11.0 Å². The summed E-state index contributed by atoms with van der Waals surface area (Å²) in [5.74, 6) is 0.765. The third-order valence-electron chi connectivity index (χ3n) is 9.88. The van der Waals surface area contributed by atoms with Gasteiger partial charge in [-0.15, -0.1) is 0 Å². The first-order valence-corrected chi connectivity index (χ1v) is 12.1. The highest BCUT2D eigenvalue weighted by molar-refractivity contribution is 5.95. The maximum absolute atomic E-state index is 13.4. The van der Waals surface area contributed by atoms with Gasteiger partial charge in [0.25, 0.3) is 0 Å². The molecule has 0 spiro atoms. The standard InChI is InChI=1S/C25H37NO4/c1-23-8-4-3-5-18(23)21(27)15-20-17(23)6-9-24(2)19(7-10-25(20,24)29)22(28)16-26-11-13-30-14-12-26/h15,17-19,29H,3-14,16H2,1-2H3/t17?,18?,19-,23?,24?,25-/m1/s1. The van der Waals surface area contributed by atoms with Gasteiger partial charge in [0.05, 0.1) is 25.4 Å². The van der Waals surface area contributed by atoms with Crippen molar-refractivity contribution in [3.8, 4) is 0 Å². The molecule has 4 unspecified atom stereocenters. The van der Waals surface area contributed by atoms with Crippen molar-refractivity contribution in [1.29, 1.82) is 0 Å². The van der Waals surface area contributed by atoms with Crippen LogP contribution in [-0.2, 0) is 14.3 Å². The van der Waals surface area contributed by atoms with Crippen LogP contribution >= 0.6 is 0 Å². The van der Waals surface area contributed by atoms with Gasteiger partial charge in [-0.3, -0.25) is 14.5 Å². The van der Waals surface area contributed by atoms with Crippen LogP contribution in [0.1, 0.15) is 65.2 Å². The lowest BCUT2D eigenvalue weighted by Gasteiger charge is -2.59. The Morgan fingerprint density at radius 1 is 1.10 bits per heavy atom. The summed E-state index contributed by atoms with van der Waals surface area (Å²) in [6.45, 7) is 7.88. The van der Waals surface area contributed by atoms with Gasteiger partial charge in [-0.2, -0.15) is 0 Å². The third kappa shape index (κ3) is 2.84. The summed E-state index contributed by atoms with van der Waals surface area (Å²) in [5, 5.41) is 12.1. The summed E-state index contributed by atoms with van der Waals surface area (Å²) in [5.41, 5.74) is -0.519. The van der Waals surface area contributed by atoms with Crippen molar-refractivity contribution >= 4 is 11.6 Å². The van der Waals surface area contributed by atoms with E-state index in [0.29, 0.717) is 26.2 Å². The van der Waals surface area contributed by atoms with E-state index in [9.17, 15) is 14.7 Å². The molecule has 1 aliphatic heterocycles. The summed E-state index contributed by atoms with van der Waals surface area (Å²) >= 11 is 0. The lowest BCUT2D eigenvalue weighted by atomic mass is 9.46. The van der Waals surface area contributed by atoms with Crippen LogP contribution in [0, 0.1) is 28.6 Å². The molecule has 5 nitrogen and oxygen atoms in total. The minimum absolute atomic E-state index is 0.0215. The number of carbonyl (C=O) groups is 2. The normalized spacial score (nSPS) is 46.6. The Morgan fingerprint density at radius 2 is 1.87 bits per heavy atom. The van der Waals surface area contributed by atoms with Crippen LogP contribution in [0.3, 0.4) is 0 Å². The molecule has 5 rings (SSSR count). The van der Waals surface area contributed by atoms with Gasteiger partial charge in [0, 0.05) is 30.3 Å². The Morgan fingerprint density at radius 3 is 2.63 bits per heavy atom. The number of allylic oxidation sites excluding steroid dienone is 1. The molecule has 1 saturated heterocycles. The number of ether oxygens (including phenoxy) is 1. The van der Waals surface area contributed by atoms with Gasteiger partial charge in [-0.25, -0.2) is 0 Å². The minimum Gasteiger partial charge on any atom is -0.385 e. The molecule has 4 aliphatic carbocycles. The molecule has 3 saturated carbocycles. The second-order valence-electron chi connectivity index (χ2n) is 11.1. The van der Waals surface area contributed by atoms with Crippen LogP contribution in [0.5, 0.6) is 0 Å². The Hall–Kier alpha value is -1.04. The van der Waals surface area contributed by atoms with Crippen molar-refractivity contribution in [2.24, 2.45) is 28.6 Å². The number of nitrogens with zero attached hydrogens (tertiary/aromatic N) is 1. The fourth-order valence-corrected chi connectivity index (χ4v) is 8.00. The second-order valence-corrected chi connectivity index (χ2v) is 11.1. The predicted octanol–water partition coefficient (Wildman–Crippen LogP) is 3.15. The van der Waals surface area contributed by atoms with Crippen LogP contribution in [0.2, 0.25) is 0 Å². The average molecular weight is 416 g/mol. The first-order chi connectivity index (χ1) is 14.3. The van der Waals surface area contributed by atoms with Crippen LogP contribution < -0.4 is 0 Å². The Bertz CT molecular complexity index is 771. The minimum atomic E-state index is -1.01. The second kappa shape index (κ2) is 7.25. The van der Waals surface area contributed by atoms with E-state index in [1.54, 1.807) is 0 Å². The number of fused-ring (bicyclic) bond motifs is 5. The SMILES string of the molecule is CC12CCCCC1C(=O)C=C1C2CCC2(C)[C@@H](C(=O)CN3CCOCC3)CC[C@@]12O. The molecule has 30 heavy (non-hydrogen) atoms. The molecule has 0 bridgehead atoms. The van der Waals surface area contributed by atoms with E-state index in [2.05, 4.69) is 18.7 Å². The van der Waals surface area contributed by atoms with E-state index >= 15 is 0 Å². The van der Waals surface area contributed by atoms with Gasteiger partial charge in [0.1, 0.15) is 0 Å². The Labute approximate surface area is 180 Å². The number of rotatable bonds is 3. The smallest absolute Gasteiger partial charge is 0.159 e. The van der Waals surface area contributed by atoms with Gasteiger partial charge < -0.3 is 9.84 Å². The zero-order valence-corrected chi connectivity index (χ0v) is 18.6. The Kier molecular flexibility index (Phi) is 5.03. The maximum atomic E-state index is 13.4. The first-order valence-electron chi connectivity index (χ1n) is 12.1. The average Bonchev–Trinajstić information content (AvgIpc) is 3.01. The van der Waals surface area contributed by atoms with Gasteiger partial charge in [-0.05, 0) is 61.5 Å². The van der Waals surface area contributed by atoms with Crippen molar-refractivity contribution in [1.82, 2.24) is 4.90 Å². The van der Waals surface area contributed by atoms with Crippen LogP contribution in [0.15, 0.2) is 11.6 Å². The molecule has 1 N–H and O–H groups in total. The summed E-state index contributed by atoms with van der Waals surface area (Å²) in [6, 6.07) is 0. The molecular weight excluding hydrogens is 378 g/mol. The zero-order chi connectivity index (χ0) is 21.1. The van der Waals surface area contributed by atoms with Crippen LogP contribution in [0.4, 0.5) is 0 Å². The van der Waals surface area contributed by atoms with E-state index in [0.717, 1.165) is 57.2 Å². The molecule has 4 fully saturated rings. The van der Waals surface area contributed by atoms with Crippen molar-refractivity contribution < 1.29 is 19.4 Å². The predicted molar refractivity (Wildman–Crippen MR) is 114 cm³/mol. The van der Waals surface area contributed by atoms with Crippen LogP contribution in [-0.4, -0.2) is 60.0 Å². The lowest BCUT2D eigenvalue weighted by molar-refractivity contribution is -0.142. The van der Waals surface area contributed by atoms with Crippen molar-refractivity contribution in [2.45, 2.75) is 70.8 Å². The van der Waals surface area contributed by atoms with E-state index in [1.807, 2.05) is 6.08 Å². The molecule has 1 heterocycles. The summed E-state index contributed by atoms with van der Waals surface area (Å²) in [7, 11) is 0. The van der Waals surface area contributed by atoms with Crippen LogP contribution in [0.25, 0.3) is 0 Å². The van der Waals surface area contributed by atoms with Gasteiger partial charge in [0.2, 0.25) is 0 Å². The summed E-state index contributed by atoms with van der Waals surface area (Å²) in [6.07, 6.45) is 9.43. The van der Waals surface area contributed by atoms with Crippen molar-refractivity contribution in [3.63, 3.8) is 0 Å². The number of carbonyl (C=O) groups excluding carboxylic acids is 2. The highest BCUT2D eigenvalue weighted by Gasteiger charge is 2.66. The Balaban J connectivity index is 1.43. The number of hydrogen-bond donors (Lipinski definition) is 1. The number of aliphatic hydroxyl groups is 1. The number of ketones is 2. The van der Waals surface area contributed by atoms with Gasteiger partial charge >= 0.3 is 0 Å². The van der Waals surface area contributed by atoms with Gasteiger partial charge in [0.15, 0.2) is 11.6 Å². The highest BCUT2D eigenvalue weighted by atomic mass is 16.5. The molecule has 5 heteroatoms. The lowest BCUT2D eigenvalue weighted by Crippen LogP contribution is -2.59. The quantitative estimate of drug-likeness (QED) is 0.767. The number of Topliss-reactive ketones (excluding diaryl/α,β-unsaturated/α-hetero) is 1. The first kappa shape index (κ1) is 20.8. The molecule has 0 radical (unpaired) electrons. The van der Waals surface area contributed by atoms with E-state index in [-0.39, 0.29) is 34.7 Å². The topological polar surface area (TPSA) is 66.8 Å². The number of morpholine rings is 1. The summed E-state index contributed by atoms with van der Waals surface area (Å²) in [4.78, 5) is 28.7. The van der Waals surface area contributed by atoms with E-state index in [4.69, 9.17) is 4.74 Å². The molecule has 0 aromatic heterocycles. The number of hydrogen-bond acceptors (Lipinski definition) is 5. The molecule has 0 aromatic rings. The molecule has 5 aliphatic rings. The monoisotopic (exact) mass is 415 g/mol. The molecular formula is C25H37NO4. The maximum Gasteiger partial charge on any atom is 0.159 e. The van der Waals surface area contributed by atoms with Gasteiger partial charge in [-0.1, -0.05) is 26.7 Å². The highest BCUT2D eigenvalue weighted by Crippen LogP contribution is 2.67. The van der Waals surface area contributed by atoms with E-state index in [1.165, 1.54) is 6.42 Å². The molecule has 0 amide bonds. The molecule has 0 aromatic carbocycles. The third-order valence-corrected chi connectivity index (χ3v) is 9.88. The molecule has 6 atom stereocenters. The summed E-state index contributed by atoms with van der Waals surface area (Å²) < 4.78 is 5.42. The fraction of sp³-hybridized carbons (Fsp3) is 0.840.